The molecule has 8 nitrogen and oxygen atoms in total. The highest BCUT2D eigenvalue weighted by Gasteiger charge is 2.29. The Hall–Kier alpha value is -3.44. The Morgan fingerprint density at radius 3 is 2.18 bits per heavy atom. The van der Waals surface area contributed by atoms with E-state index in [9.17, 15) is 28.6 Å². The average molecular weight is 705 g/mol. The number of benzene rings is 1. The predicted molar refractivity (Wildman–Crippen MR) is 190 cm³/mol. The molecule has 0 spiro atoms. The third-order valence-electron chi connectivity index (χ3n) is 8.25. The first kappa shape index (κ1) is 44.6. The molecule has 0 amide bonds. The second kappa shape index (κ2) is 28.3. The van der Waals surface area contributed by atoms with Gasteiger partial charge in [-0.15, -0.1) is 24.7 Å². The molecule has 10 heteroatoms. The zero-order valence-corrected chi connectivity index (χ0v) is 29.9. The van der Waals surface area contributed by atoms with Crippen LogP contribution in [0.1, 0.15) is 103 Å². The molecule has 3 atom stereocenters. The summed E-state index contributed by atoms with van der Waals surface area (Å²) in [5.74, 6) is 3.44. The van der Waals surface area contributed by atoms with Crippen molar-refractivity contribution in [3.63, 3.8) is 0 Å². The van der Waals surface area contributed by atoms with Crippen LogP contribution in [0.25, 0.3) is 0 Å². The van der Waals surface area contributed by atoms with Crippen molar-refractivity contribution in [2.75, 3.05) is 46.2 Å². The van der Waals surface area contributed by atoms with Gasteiger partial charge in [-0.25, -0.2) is 8.78 Å². The second-order valence-electron chi connectivity index (χ2n) is 13.1. The van der Waals surface area contributed by atoms with E-state index in [4.69, 9.17) is 31.8 Å². The van der Waals surface area contributed by atoms with E-state index < -0.39 is 17.0 Å². The molecule has 1 aromatic carbocycles. The summed E-state index contributed by atoms with van der Waals surface area (Å²) in [5.41, 5.74) is -0.721. The Balaban J connectivity index is 2.49. The molecule has 0 fully saturated rings. The molecule has 1 aromatic rings. The Kier molecular flexibility index (Phi) is 25.2. The largest absolute Gasteiger partial charge is 0.490 e. The van der Waals surface area contributed by atoms with Crippen molar-refractivity contribution in [1.29, 1.82) is 0 Å². The summed E-state index contributed by atoms with van der Waals surface area (Å²) >= 11 is 0. The van der Waals surface area contributed by atoms with E-state index in [2.05, 4.69) is 11.8 Å². The summed E-state index contributed by atoms with van der Waals surface area (Å²) < 4.78 is 49.2. The molecule has 1 unspecified atom stereocenters. The first-order valence-electron chi connectivity index (χ1n) is 17.9. The van der Waals surface area contributed by atoms with Crippen molar-refractivity contribution < 1.29 is 47.5 Å². The average Bonchev–Trinajstić information content (AvgIpc) is 3.11. The van der Waals surface area contributed by atoms with Gasteiger partial charge in [-0.1, -0.05) is 19.1 Å². The maximum Gasteiger partial charge on any atom is 0.305 e. The topological polar surface area (TPSA) is 112 Å². The van der Waals surface area contributed by atoms with Crippen molar-refractivity contribution in [3.05, 3.63) is 42.0 Å². The van der Waals surface area contributed by atoms with Crippen LogP contribution < -0.4 is 4.74 Å². The summed E-state index contributed by atoms with van der Waals surface area (Å²) in [6.07, 6.45) is 24.0. The van der Waals surface area contributed by atoms with Gasteiger partial charge in [0.05, 0.1) is 18.6 Å². The van der Waals surface area contributed by atoms with E-state index in [-0.39, 0.29) is 76.1 Å². The number of carbonyl (C=O) groups is 2. The van der Waals surface area contributed by atoms with E-state index in [1.54, 1.807) is 0 Å². The van der Waals surface area contributed by atoms with E-state index in [0.29, 0.717) is 57.5 Å². The molecule has 0 heterocycles. The molecular formula is C40H58F2O8. The third-order valence-corrected chi connectivity index (χ3v) is 8.25. The number of allylic oxidation sites excluding steroid dienone is 1. The van der Waals surface area contributed by atoms with Crippen LogP contribution in [0.4, 0.5) is 8.78 Å². The third kappa shape index (κ3) is 22.3. The number of aliphatic hydroxyl groups excluding tert-OH is 2. The Labute approximate surface area is 298 Å². The van der Waals surface area contributed by atoms with E-state index in [1.165, 1.54) is 0 Å². The molecule has 0 aliphatic rings. The lowest BCUT2D eigenvalue weighted by atomic mass is 9.88. The van der Waals surface area contributed by atoms with E-state index >= 15 is 0 Å². The van der Waals surface area contributed by atoms with Crippen molar-refractivity contribution in [2.45, 2.75) is 103 Å². The standard InChI is InChI=1S/C40H58F2O8/c1-4-6-8-12-26-47-30-40(3,31-49-38(45)19-10-7-5-2)32-50-39(46)20-14-17-34(29-44)22-21-33(18-15-25-43)16-11-9-13-27-48-37-28-35(41)23-24-36(37)42/h1-2,9,11,23-24,28,33-34,43-44H,6-8,10,12-22,25-27,29-32H2,3H3/b11-9+/t33-,34+,40?/m1/s1. The molecule has 280 valence electrons. The fraction of sp³-hybridized carbons (Fsp3) is 0.650. The summed E-state index contributed by atoms with van der Waals surface area (Å²) in [4.78, 5) is 24.8. The van der Waals surface area contributed by atoms with Gasteiger partial charge in [-0.2, -0.15) is 0 Å². The molecule has 0 saturated heterocycles. The molecule has 0 aliphatic carbocycles. The molecule has 0 bridgehead atoms. The van der Waals surface area contributed by atoms with Gasteiger partial charge in [0.1, 0.15) is 19.0 Å². The molecule has 0 aromatic heterocycles. The second-order valence-corrected chi connectivity index (χ2v) is 13.1. The summed E-state index contributed by atoms with van der Waals surface area (Å²) in [6, 6.07) is 3.10. The van der Waals surface area contributed by atoms with Crippen molar-refractivity contribution >= 4 is 11.9 Å². The molecular weight excluding hydrogens is 646 g/mol. The zero-order chi connectivity index (χ0) is 36.9. The Bertz CT molecular complexity index is 1190. The number of hydrogen-bond acceptors (Lipinski definition) is 8. The number of terminal acetylenes is 2. The maximum absolute atomic E-state index is 13.7. The SMILES string of the molecule is C#CCCCCOCC(C)(COC(=O)CCCC#C)COC(=O)CCC[C@H](CO)CC[C@H](C/C=C/CCOc1cc(F)ccc1F)CCCO. The lowest BCUT2D eigenvalue weighted by molar-refractivity contribution is -0.156. The number of aliphatic hydroxyl groups is 2. The Morgan fingerprint density at radius 2 is 1.50 bits per heavy atom. The number of halogens is 2. The molecule has 2 N–H and O–H groups in total. The number of rotatable bonds is 30. The molecule has 1 rings (SSSR count). The zero-order valence-electron chi connectivity index (χ0n) is 29.9. The van der Waals surface area contributed by atoms with Gasteiger partial charge in [0.2, 0.25) is 0 Å². The van der Waals surface area contributed by atoms with Crippen LogP contribution in [-0.4, -0.2) is 68.4 Å². The number of unbranched alkanes of at least 4 members (excludes halogenated alkanes) is 3. The predicted octanol–water partition coefficient (Wildman–Crippen LogP) is 7.34. The van der Waals surface area contributed by atoms with Crippen LogP contribution in [0.2, 0.25) is 0 Å². The molecule has 50 heavy (non-hydrogen) atoms. The van der Waals surface area contributed by atoms with Crippen LogP contribution in [0.3, 0.4) is 0 Å². The van der Waals surface area contributed by atoms with Gasteiger partial charge in [0, 0.05) is 51.6 Å². The van der Waals surface area contributed by atoms with Crippen LogP contribution in [0, 0.1) is 53.6 Å². The Morgan fingerprint density at radius 1 is 0.840 bits per heavy atom. The molecule has 0 radical (unpaired) electrons. The van der Waals surface area contributed by atoms with Gasteiger partial charge in [-0.3, -0.25) is 9.59 Å². The lowest BCUT2D eigenvalue weighted by Crippen LogP contribution is -2.36. The van der Waals surface area contributed by atoms with Crippen LogP contribution in [0.15, 0.2) is 30.4 Å². The van der Waals surface area contributed by atoms with Gasteiger partial charge in [0.25, 0.3) is 0 Å². The van der Waals surface area contributed by atoms with Crippen LogP contribution >= 0.6 is 0 Å². The van der Waals surface area contributed by atoms with Crippen molar-refractivity contribution in [3.8, 4) is 30.4 Å². The van der Waals surface area contributed by atoms with Gasteiger partial charge in [0.15, 0.2) is 11.6 Å². The smallest absolute Gasteiger partial charge is 0.305 e. The minimum absolute atomic E-state index is 0.00898. The number of hydrogen-bond donors (Lipinski definition) is 2. The van der Waals surface area contributed by atoms with Gasteiger partial charge >= 0.3 is 11.9 Å². The summed E-state index contributed by atoms with van der Waals surface area (Å²) in [5, 5.41) is 19.4. The molecule has 0 saturated carbocycles. The summed E-state index contributed by atoms with van der Waals surface area (Å²) in [7, 11) is 0. The summed E-state index contributed by atoms with van der Waals surface area (Å²) in [6.45, 7) is 3.00. The highest BCUT2D eigenvalue weighted by Crippen LogP contribution is 2.25. The first-order chi connectivity index (χ1) is 24.2. The minimum Gasteiger partial charge on any atom is -0.490 e. The highest BCUT2D eigenvalue weighted by atomic mass is 19.1. The first-order valence-corrected chi connectivity index (χ1v) is 17.9. The fourth-order valence-electron chi connectivity index (χ4n) is 5.19. The maximum atomic E-state index is 13.7. The van der Waals surface area contributed by atoms with Crippen molar-refractivity contribution in [2.24, 2.45) is 17.3 Å². The minimum atomic E-state index is -0.721. The number of esters is 2. The monoisotopic (exact) mass is 704 g/mol. The normalized spacial score (nSPS) is 13.6. The number of ether oxygens (including phenoxy) is 4. The lowest BCUT2D eigenvalue weighted by Gasteiger charge is -2.28. The van der Waals surface area contributed by atoms with Crippen molar-refractivity contribution in [1.82, 2.24) is 0 Å². The van der Waals surface area contributed by atoms with E-state index in [0.717, 1.165) is 56.7 Å². The van der Waals surface area contributed by atoms with Crippen LogP contribution in [0.5, 0.6) is 5.75 Å². The highest BCUT2D eigenvalue weighted by molar-refractivity contribution is 5.69. The van der Waals surface area contributed by atoms with Crippen LogP contribution in [-0.2, 0) is 23.8 Å². The van der Waals surface area contributed by atoms with E-state index in [1.807, 2.05) is 19.1 Å². The fourth-order valence-corrected chi connectivity index (χ4v) is 5.19. The number of carbonyl (C=O) groups excluding carboxylic acids is 2. The van der Waals surface area contributed by atoms with Gasteiger partial charge < -0.3 is 29.2 Å². The quantitative estimate of drug-likeness (QED) is 0.0371. The molecule has 0 aliphatic heterocycles. The van der Waals surface area contributed by atoms with Gasteiger partial charge in [-0.05, 0) is 94.6 Å².